The number of cyclic esters (lactones) is 1. The van der Waals surface area contributed by atoms with Crippen molar-refractivity contribution in [2.75, 3.05) is 32.2 Å². The van der Waals surface area contributed by atoms with Crippen LogP contribution in [0.4, 0.5) is 5.69 Å². The maximum absolute atomic E-state index is 14.6. The average Bonchev–Trinajstić information content (AvgIpc) is 3.89. The first-order valence-electron chi connectivity index (χ1n) is 22.3. The monoisotopic (exact) mass is 960 g/mol. The lowest BCUT2D eigenvalue weighted by molar-refractivity contribution is -1.03. The molecule has 5 aliphatic carbocycles. The number of rotatable bonds is 6. The number of carbonyl (C=O) groups is 3. The molecular formula is C46H62Br2N2O10. The summed E-state index contributed by atoms with van der Waals surface area (Å²) in [6.07, 6.45) is 6.02. The summed E-state index contributed by atoms with van der Waals surface area (Å²) in [6.45, 7) is 4.49. The molecule has 14 heteroatoms. The molecule has 1 aromatic carbocycles. The van der Waals surface area contributed by atoms with Crippen molar-refractivity contribution in [2.24, 2.45) is 46.3 Å². The first kappa shape index (κ1) is 43.2. The van der Waals surface area contributed by atoms with Gasteiger partial charge in [0.15, 0.2) is 12.8 Å². The van der Waals surface area contributed by atoms with Gasteiger partial charge in [0, 0.05) is 55.3 Å². The van der Waals surface area contributed by atoms with Gasteiger partial charge in [0.25, 0.3) is 0 Å². The number of ether oxygens (including phenoxy) is 3. The summed E-state index contributed by atoms with van der Waals surface area (Å²) in [5.74, 6) is -1.64. The number of para-hydroxylation sites is 1. The van der Waals surface area contributed by atoms with E-state index in [-0.39, 0.29) is 130 Å². The zero-order chi connectivity index (χ0) is 40.5. The molecule has 12 nitrogen and oxygen atoms in total. The summed E-state index contributed by atoms with van der Waals surface area (Å²) < 4.78 is 17.5. The maximum Gasteiger partial charge on any atom is 0.362 e. The average molecular weight is 963 g/mol. The van der Waals surface area contributed by atoms with Gasteiger partial charge in [-0.05, 0) is 98.7 Å². The minimum atomic E-state index is -1.50. The van der Waals surface area contributed by atoms with Crippen molar-refractivity contribution < 1.29 is 70.5 Å². The Morgan fingerprint density at radius 1 is 1.00 bits per heavy atom. The number of hydrogen-bond acceptors (Lipinski definition) is 11. The summed E-state index contributed by atoms with van der Waals surface area (Å²) in [6, 6.07) is 8.21. The lowest BCUT2D eigenvalue weighted by Gasteiger charge is -2.67. The Morgan fingerprint density at radius 3 is 2.47 bits per heavy atom. The predicted molar refractivity (Wildman–Crippen MR) is 219 cm³/mol. The van der Waals surface area contributed by atoms with Crippen LogP contribution in [-0.2, 0) is 34.0 Å². The van der Waals surface area contributed by atoms with E-state index in [4.69, 9.17) is 14.2 Å². The zero-order valence-corrected chi connectivity index (χ0v) is 38.4. The zero-order valence-electron chi connectivity index (χ0n) is 35.1. The molecule has 4 N–H and O–H groups in total. The molecule has 11 aliphatic rings. The fraction of sp³-hybridized carbons (Fsp3) is 0.761. The van der Waals surface area contributed by atoms with E-state index in [0.29, 0.717) is 38.5 Å². The van der Waals surface area contributed by atoms with Gasteiger partial charge in [-0.15, -0.1) is 17.0 Å². The van der Waals surface area contributed by atoms with E-state index >= 15 is 0 Å². The summed E-state index contributed by atoms with van der Waals surface area (Å²) in [4.78, 5) is 43.2. The van der Waals surface area contributed by atoms with Gasteiger partial charge < -0.3 is 56.5 Å². The van der Waals surface area contributed by atoms with E-state index in [1.807, 2.05) is 6.07 Å². The van der Waals surface area contributed by atoms with Crippen molar-refractivity contribution in [3.8, 4) is 0 Å². The number of benzene rings is 1. The molecular weight excluding hydrogens is 900 g/mol. The quantitative estimate of drug-likeness (QED) is 0.184. The molecule has 0 aromatic heterocycles. The van der Waals surface area contributed by atoms with Crippen LogP contribution in [0.3, 0.4) is 0 Å². The van der Waals surface area contributed by atoms with Crippen LogP contribution in [0.5, 0.6) is 0 Å². The van der Waals surface area contributed by atoms with Crippen LogP contribution in [0.2, 0.25) is 0 Å². The SMILES string of the molecule is Br.CCC1C2CC3C4N(C)c5ccccc5C45CC(C2C5O)[N+]3(CC(=O)OC2CCC3(C(=O)OC)C4CCC5(C)C(C6=CC(=O)OC6)CCC5(O)C4CCC3(O)C2)[C@@H]1O.[Br-]. The van der Waals surface area contributed by atoms with Gasteiger partial charge in [0.05, 0.1) is 47.3 Å². The van der Waals surface area contributed by atoms with Crippen LogP contribution in [0.15, 0.2) is 35.9 Å². The topological polar surface area (TPSA) is 163 Å². The molecule has 0 amide bonds. The highest BCUT2D eigenvalue weighted by Crippen LogP contribution is 2.73. The van der Waals surface area contributed by atoms with E-state index < -0.39 is 57.8 Å². The lowest BCUT2D eigenvalue weighted by Crippen LogP contribution is -3.00. The molecule has 0 radical (unpaired) electrons. The molecule has 12 rings (SSSR count). The van der Waals surface area contributed by atoms with Crippen LogP contribution in [0.1, 0.15) is 96.5 Å². The van der Waals surface area contributed by atoms with E-state index in [0.717, 1.165) is 30.5 Å². The summed E-state index contributed by atoms with van der Waals surface area (Å²) in [5.41, 5.74) is -1.55. The number of anilines is 1. The minimum Gasteiger partial charge on any atom is -1.00 e. The van der Waals surface area contributed by atoms with E-state index in [1.54, 1.807) is 6.08 Å². The molecule has 1 aromatic rings. The Balaban J connectivity index is 0.00000231. The Kier molecular flexibility index (Phi) is 10.1. The molecule has 5 saturated carbocycles. The fourth-order valence-corrected chi connectivity index (χ4v) is 17.9. The summed E-state index contributed by atoms with van der Waals surface area (Å²) in [7, 11) is 3.48. The second-order valence-corrected chi connectivity index (χ2v) is 20.9. The van der Waals surface area contributed by atoms with Gasteiger partial charge in [0.2, 0.25) is 0 Å². The maximum atomic E-state index is 14.6. The number of esters is 3. The highest BCUT2D eigenvalue weighted by atomic mass is 79.9. The Labute approximate surface area is 373 Å². The van der Waals surface area contributed by atoms with Crippen molar-refractivity contribution in [1.82, 2.24) is 0 Å². The van der Waals surface area contributed by atoms with Crippen LogP contribution < -0.4 is 21.9 Å². The number of piperidine rings is 4. The van der Waals surface area contributed by atoms with Crippen molar-refractivity contribution in [3.05, 3.63) is 41.5 Å². The highest BCUT2D eigenvalue weighted by Gasteiger charge is 2.83. The van der Waals surface area contributed by atoms with E-state index in [2.05, 4.69) is 44.0 Å². The van der Waals surface area contributed by atoms with Gasteiger partial charge in [-0.25, -0.2) is 9.59 Å². The van der Waals surface area contributed by atoms with Gasteiger partial charge >= 0.3 is 17.9 Å². The van der Waals surface area contributed by atoms with Gasteiger partial charge in [-0.3, -0.25) is 9.28 Å². The molecule has 60 heavy (non-hydrogen) atoms. The number of aliphatic hydroxyl groups excluding tert-OH is 2. The number of nitrogens with zero attached hydrogens (tertiary/aromatic N) is 2. The largest absolute Gasteiger partial charge is 1.00 e. The molecule has 17 unspecified atom stereocenters. The van der Waals surface area contributed by atoms with Crippen molar-refractivity contribution >= 4 is 40.6 Å². The van der Waals surface area contributed by atoms with Crippen LogP contribution in [-0.4, -0.2) is 118 Å². The first-order chi connectivity index (χ1) is 27.7. The second kappa shape index (κ2) is 14.0. The van der Waals surface area contributed by atoms with Gasteiger partial charge in [-0.2, -0.15) is 0 Å². The molecule has 18 atom stereocenters. The lowest BCUT2D eigenvalue weighted by atomic mass is 9.41. The third kappa shape index (κ3) is 4.83. The standard InChI is InChI=1S/C46H61N2O10.2BrH/c1-5-26-27-19-33-38-44(31-8-6-7-9-32(31)47(38)3)21-34(37(27)39(44)51)48(33,40(26)52)22-36(50)58-25-10-16-45(41(53)56-4)29-11-14-42(2)28(24-18-35(49)57-23-24)13-17-46(42,55)30(29)12-15-43(45,54)20-25;;/h6-9,18,25-30,33-34,37-40,51-52,54-55H,5,10-17,19-23H2,1-4H3;2*1H/q+1;;/p-1/t25?,26?,27?,28?,29?,30?,33?,34?,37?,38?,39?,40-,42?,43?,44?,45?,46?,48?;;/m1../s1. The molecule has 330 valence electrons. The molecule has 5 bridgehead atoms. The number of halogens is 2. The van der Waals surface area contributed by atoms with Crippen molar-refractivity contribution in [1.29, 1.82) is 0 Å². The number of fused-ring (bicyclic) bond motifs is 7. The fourth-order valence-electron chi connectivity index (χ4n) is 17.9. The van der Waals surface area contributed by atoms with Crippen LogP contribution in [0, 0.1) is 46.3 Å². The molecule has 4 saturated heterocycles. The highest BCUT2D eigenvalue weighted by molar-refractivity contribution is 8.93. The van der Waals surface area contributed by atoms with Crippen LogP contribution in [0.25, 0.3) is 0 Å². The van der Waals surface area contributed by atoms with Gasteiger partial charge in [-0.1, -0.05) is 32.0 Å². The second-order valence-electron chi connectivity index (χ2n) is 20.9. The smallest absolute Gasteiger partial charge is 0.362 e. The third-order valence-electron chi connectivity index (χ3n) is 19.9. The van der Waals surface area contributed by atoms with E-state index in [1.165, 1.54) is 12.7 Å². The Morgan fingerprint density at radius 2 is 1.75 bits per heavy atom. The first-order valence-corrected chi connectivity index (χ1v) is 22.3. The van der Waals surface area contributed by atoms with Gasteiger partial charge in [0.1, 0.15) is 18.8 Å². The molecule has 9 fully saturated rings. The molecule has 1 spiro atoms. The number of methoxy groups -OCH3 is 1. The number of likely N-dealkylation sites (N-methyl/N-ethyl adjacent to an activating group) is 1. The van der Waals surface area contributed by atoms with Crippen LogP contribution >= 0.6 is 17.0 Å². The third-order valence-corrected chi connectivity index (χ3v) is 19.9. The number of hydrogen-bond donors (Lipinski definition) is 4. The summed E-state index contributed by atoms with van der Waals surface area (Å²) >= 11 is 0. The molecule has 6 heterocycles. The van der Waals surface area contributed by atoms with Crippen molar-refractivity contribution in [3.63, 3.8) is 0 Å². The number of aliphatic hydroxyl groups is 4. The summed E-state index contributed by atoms with van der Waals surface area (Å²) in [5, 5.41) is 50.6. The van der Waals surface area contributed by atoms with E-state index in [9.17, 15) is 34.8 Å². The van der Waals surface area contributed by atoms with Crippen molar-refractivity contribution in [2.45, 2.75) is 144 Å². The Bertz CT molecular complexity index is 2020. The number of quaternary nitrogens is 1. The Hall–Kier alpha value is -2.07. The molecule has 6 aliphatic heterocycles. The predicted octanol–water partition coefficient (Wildman–Crippen LogP) is 1.09. The number of carbonyl (C=O) groups excluding carboxylic acids is 3. The normalized spacial score (nSPS) is 50.8. The minimum absolute atomic E-state index is 0.